The summed E-state index contributed by atoms with van der Waals surface area (Å²) in [6.45, 7) is 1.56. The first kappa shape index (κ1) is 15.1. The summed E-state index contributed by atoms with van der Waals surface area (Å²) in [6.07, 6.45) is 6.59. The van der Waals surface area contributed by atoms with Gasteiger partial charge < -0.3 is 10.5 Å². The maximum Gasteiger partial charge on any atom is 0.158 e. The fourth-order valence-electron chi connectivity index (χ4n) is 2.03. The number of nitrogens with two attached hydrogens (primary N) is 1. The Kier molecular flexibility index (Phi) is 6.68. The molecule has 0 fully saturated rings. The minimum absolute atomic E-state index is 0.683. The normalized spacial score (nSPS) is 14.8. The molecular weight excluding hydrogens is 268 g/mol. The lowest BCUT2D eigenvalue weighted by Gasteiger charge is -2.10. The number of amidine groups is 1. The Morgan fingerprint density at radius 2 is 2.00 bits per heavy atom. The van der Waals surface area contributed by atoms with Crippen LogP contribution in [0.4, 0.5) is 0 Å². The standard InChI is InChI=1S/C16H22N2OS/c17-16-18-11-15(13-20-16)9-5-2-6-10-19-12-14-7-3-1-4-8-14/h1,3-4,7-8,11H,2,5-6,9-10,12-13H2,(H2,17,18). The van der Waals surface area contributed by atoms with Gasteiger partial charge in [0.25, 0.3) is 0 Å². The van der Waals surface area contributed by atoms with E-state index in [-0.39, 0.29) is 0 Å². The molecule has 0 saturated heterocycles. The molecule has 0 radical (unpaired) electrons. The SMILES string of the molecule is NC1=NC=C(CCCCCOCc2ccccc2)CS1. The van der Waals surface area contributed by atoms with E-state index in [1.165, 1.54) is 24.0 Å². The highest BCUT2D eigenvalue weighted by Crippen LogP contribution is 2.19. The molecule has 1 aromatic carbocycles. The largest absolute Gasteiger partial charge is 0.378 e. The zero-order valence-corrected chi connectivity index (χ0v) is 12.6. The zero-order valence-electron chi connectivity index (χ0n) is 11.8. The molecule has 0 amide bonds. The van der Waals surface area contributed by atoms with Crippen molar-refractivity contribution in [3.63, 3.8) is 0 Å². The van der Waals surface area contributed by atoms with Crippen LogP contribution in [0.3, 0.4) is 0 Å². The van der Waals surface area contributed by atoms with E-state index in [0.717, 1.165) is 31.8 Å². The molecule has 0 aliphatic carbocycles. The Balaban J connectivity index is 1.48. The van der Waals surface area contributed by atoms with Crippen LogP contribution in [0.15, 0.2) is 47.1 Å². The fraction of sp³-hybridized carbons (Fsp3) is 0.438. The van der Waals surface area contributed by atoms with E-state index in [1.54, 1.807) is 11.8 Å². The fourth-order valence-corrected chi connectivity index (χ4v) is 2.71. The summed E-state index contributed by atoms with van der Waals surface area (Å²) < 4.78 is 5.67. The number of unbranched alkanes of at least 4 members (excludes halogenated alkanes) is 2. The second kappa shape index (κ2) is 8.82. The second-order valence-electron chi connectivity index (χ2n) is 4.89. The van der Waals surface area contributed by atoms with Crippen molar-refractivity contribution in [1.82, 2.24) is 0 Å². The number of thioether (sulfide) groups is 1. The molecule has 3 nitrogen and oxygen atoms in total. The molecule has 20 heavy (non-hydrogen) atoms. The van der Waals surface area contributed by atoms with Gasteiger partial charge >= 0.3 is 0 Å². The van der Waals surface area contributed by atoms with Crippen LogP contribution in [-0.4, -0.2) is 17.5 Å². The number of ether oxygens (including phenoxy) is 1. The van der Waals surface area contributed by atoms with Gasteiger partial charge in [0, 0.05) is 18.6 Å². The van der Waals surface area contributed by atoms with Crippen molar-refractivity contribution < 1.29 is 4.74 Å². The van der Waals surface area contributed by atoms with Crippen molar-refractivity contribution in [2.24, 2.45) is 10.7 Å². The van der Waals surface area contributed by atoms with E-state index in [0.29, 0.717) is 5.17 Å². The Labute approximate surface area is 125 Å². The van der Waals surface area contributed by atoms with Crippen LogP contribution in [-0.2, 0) is 11.3 Å². The van der Waals surface area contributed by atoms with Crippen molar-refractivity contribution >= 4 is 16.9 Å². The van der Waals surface area contributed by atoms with Crippen LogP contribution in [0.25, 0.3) is 0 Å². The first-order chi connectivity index (χ1) is 9.84. The van der Waals surface area contributed by atoms with Gasteiger partial charge in [0.05, 0.1) is 6.61 Å². The van der Waals surface area contributed by atoms with Crippen molar-refractivity contribution in [1.29, 1.82) is 0 Å². The Hall–Kier alpha value is -1.26. The minimum Gasteiger partial charge on any atom is -0.378 e. The number of hydrogen-bond acceptors (Lipinski definition) is 4. The summed E-state index contributed by atoms with van der Waals surface area (Å²) in [4.78, 5) is 4.14. The van der Waals surface area contributed by atoms with Crippen LogP contribution >= 0.6 is 11.8 Å². The van der Waals surface area contributed by atoms with Gasteiger partial charge in [0.1, 0.15) is 0 Å². The highest BCUT2D eigenvalue weighted by molar-refractivity contribution is 8.14. The molecule has 0 unspecified atom stereocenters. The summed E-state index contributed by atoms with van der Waals surface area (Å²) in [7, 11) is 0. The number of nitrogens with zero attached hydrogens (tertiary/aromatic N) is 1. The smallest absolute Gasteiger partial charge is 0.158 e. The van der Waals surface area contributed by atoms with E-state index >= 15 is 0 Å². The van der Waals surface area contributed by atoms with Crippen molar-refractivity contribution in [3.05, 3.63) is 47.7 Å². The third kappa shape index (κ3) is 5.80. The van der Waals surface area contributed by atoms with Gasteiger partial charge in [0.15, 0.2) is 5.17 Å². The molecule has 1 aromatic rings. The van der Waals surface area contributed by atoms with Crippen molar-refractivity contribution in [3.8, 4) is 0 Å². The maximum absolute atomic E-state index is 5.67. The number of aliphatic imine (C=N–C) groups is 1. The number of rotatable bonds is 8. The highest BCUT2D eigenvalue weighted by Gasteiger charge is 2.05. The molecule has 0 bridgehead atoms. The van der Waals surface area contributed by atoms with Crippen molar-refractivity contribution in [2.75, 3.05) is 12.4 Å². The molecule has 1 aliphatic heterocycles. The Morgan fingerprint density at radius 3 is 2.75 bits per heavy atom. The van der Waals surface area contributed by atoms with Gasteiger partial charge in [-0.1, -0.05) is 48.5 Å². The van der Waals surface area contributed by atoms with Gasteiger partial charge in [-0.2, -0.15) is 0 Å². The van der Waals surface area contributed by atoms with E-state index in [1.807, 2.05) is 24.4 Å². The lowest BCUT2D eigenvalue weighted by molar-refractivity contribution is 0.117. The molecule has 0 atom stereocenters. The first-order valence-electron chi connectivity index (χ1n) is 7.10. The van der Waals surface area contributed by atoms with Crippen molar-refractivity contribution in [2.45, 2.75) is 32.3 Å². The van der Waals surface area contributed by atoms with E-state index in [2.05, 4.69) is 17.1 Å². The second-order valence-corrected chi connectivity index (χ2v) is 5.89. The first-order valence-corrected chi connectivity index (χ1v) is 8.09. The molecule has 0 aromatic heterocycles. The Morgan fingerprint density at radius 1 is 1.15 bits per heavy atom. The quantitative estimate of drug-likeness (QED) is 0.742. The summed E-state index contributed by atoms with van der Waals surface area (Å²) in [6, 6.07) is 10.3. The topological polar surface area (TPSA) is 47.6 Å². The predicted molar refractivity (Wildman–Crippen MR) is 86.7 cm³/mol. The average Bonchev–Trinajstić information content (AvgIpc) is 2.49. The molecule has 2 N–H and O–H groups in total. The average molecular weight is 290 g/mol. The lowest BCUT2D eigenvalue weighted by atomic mass is 10.1. The molecule has 4 heteroatoms. The lowest BCUT2D eigenvalue weighted by Crippen LogP contribution is -2.10. The van der Waals surface area contributed by atoms with Crippen LogP contribution < -0.4 is 5.73 Å². The Bertz CT molecular complexity index is 457. The minimum atomic E-state index is 0.683. The van der Waals surface area contributed by atoms with E-state index in [4.69, 9.17) is 10.5 Å². The number of hydrogen-bond donors (Lipinski definition) is 1. The molecule has 108 valence electrons. The molecule has 2 rings (SSSR count). The summed E-state index contributed by atoms with van der Waals surface area (Å²) in [5, 5.41) is 0.683. The van der Waals surface area contributed by atoms with Crippen LogP contribution in [0.5, 0.6) is 0 Å². The summed E-state index contributed by atoms with van der Waals surface area (Å²) in [5.41, 5.74) is 8.25. The van der Waals surface area contributed by atoms with Gasteiger partial charge in [-0.15, -0.1) is 0 Å². The van der Waals surface area contributed by atoms with Crippen LogP contribution in [0.1, 0.15) is 31.2 Å². The third-order valence-electron chi connectivity index (χ3n) is 3.18. The van der Waals surface area contributed by atoms with Gasteiger partial charge in [-0.3, -0.25) is 0 Å². The van der Waals surface area contributed by atoms with Crippen LogP contribution in [0.2, 0.25) is 0 Å². The molecule has 0 spiro atoms. The molecule has 1 aliphatic rings. The maximum atomic E-state index is 5.67. The monoisotopic (exact) mass is 290 g/mol. The van der Waals surface area contributed by atoms with Gasteiger partial charge in [0.2, 0.25) is 0 Å². The van der Waals surface area contributed by atoms with Crippen LogP contribution in [0, 0.1) is 0 Å². The van der Waals surface area contributed by atoms with Gasteiger partial charge in [-0.25, -0.2) is 4.99 Å². The van der Waals surface area contributed by atoms with E-state index in [9.17, 15) is 0 Å². The van der Waals surface area contributed by atoms with E-state index < -0.39 is 0 Å². The third-order valence-corrected chi connectivity index (χ3v) is 4.09. The highest BCUT2D eigenvalue weighted by atomic mass is 32.2. The zero-order chi connectivity index (χ0) is 14.0. The summed E-state index contributed by atoms with van der Waals surface area (Å²) in [5.74, 6) is 1.000. The van der Waals surface area contributed by atoms with Gasteiger partial charge in [-0.05, 0) is 30.4 Å². The number of benzene rings is 1. The predicted octanol–water partition coefficient (Wildman–Crippen LogP) is 3.71. The molecule has 0 saturated carbocycles. The molecular formula is C16H22N2OS. The summed E-state index contributed by atoms with van der Waals surface area (Å²) >= 11 is 1.63. The molecule has 1 heterocycles.